The number of carbonyl (C=O) groups is 2. The van der Waals surface area contributed by atoms with E-state index < -0.39 is 12.0 Å². The average molecular weight is 327 g/mol. The number of carbonyl (C=O) groups excluding carboxylic acids is 1. The predicted octanol–water partition coefficient (Wildman–Crippen LogP) is 2.27. The lowest BCUT2D eigenvalue weighted by atomic mass is 10.1. The molecule has 2 rings (SSSR count). The number of hydrogen-bond acceptors (Lipinski definition) is 4. The van der Waals surface area contributed by atoms with Gasteiger partial charge in [-0.2, -0.15) is 0 Å². The molecule has 0 spiro atoms. The summed E-state index contributed by atoms with van der Waals surface area (Å²) in [5.41, 5.74) is 3.34. The number of pyridine rings is 1. The molecular formula is C18H21N3O3. The van der Waals surface area contributed by atoms with Crippen molar-refractivity contribution in [2.45, 2.75) is 32.9 Å². The summed E-state index contributed by atoms with van der Waals surface area (Å²) >= 11 is 0. The van der Waals surface area contributed by atoms with E-state index >= 15 is 0 Å². The normalized spacial score (nSPS) is 11.8. The van der Waals surface area contributed by atoms with E-state index in [4.69, 9.17) is 0 Å². The minimum absolute atomic E-state index is 0.157. The zero-order valence-electron chi connectivity index (χ0n) is 13.7. The Morgan fingerprint density at radius 2 is 1.83 bits per heavy atom. The quantitative estimate of drug-likeness (QED) is 0.725. The molecule has 0 saturated heterocycles. The number of carboxylic acid groups (broad SMARTS) is 1. The second kappa shape index (κ2) is 8.21. The second-order valence-corrected chi connectivity index (χ2v) is 5.61. The fourth-order valence-corrected chi connectivity index (χ4v) is 2.36. The molecule has 1 heterocycles. The Hall–Kier alpha value is -2.73. The molecule has 1 amide bonds. The molecule has 6 heteroatoms. The van der Waals surface area contributed by atoms with Gasteiger partial charge in [-0.05, 0) is 37.1 Å². The monoisotopic (exact) mass is 327 g/mol. The lowest BCUT2D eigenvalue weighted by Crippen LogP contribution is -2.39. The van der Waals surface area contributed by atoms with E-state index in [1.54, 1.807) is 18.3 Å². The lowest BCUT2D eigenvalue weighted by molar-refractivity contribution is -0.141. The molecule has 1 unspecified atom stereocenters. The van der Waals surface area contributed by atoms with Crippen molar-refractivity contribution in [2.75, 3.05) is 5.32 Å². The zero-order chi connectivity index (χ0) is 17.5. The van der Waals surface area contributed by atoms with Crippen molar-refractivity contribution < 1.29 is 14.7 Å². The fraction of sp³-hybridized carbons (Fsp3) is 0.278. The molecule has 0 aliphatic rings. The highest BCUT2D eigenvalue weighted by Crippen LogP contribution is 2.19. The summed E-state index contributed by atoms with van der Waals surface area (Å²) in [6, 6.07) is 10.1. The van der Waals surface area contributed by atoms with Gasteiger partial charge in [-0.1, -0.05) is 24.3 Å². The number of para-hydroxylation sites is 1. The molecule has 0 bridgehead atoms. The SMILES string of the molecule is Cc1cccc(C)c1NC(=O)CC(NCc1ccccn1)C(=O)O. The van der Waals surface area contributed by atoms with Crippen LogP contribution in [0.15, 0.2) is 42.6 Å². The maximum atomic E-state index is 12.2. The summed E-state index contributed by atoms with van der Waals surface area (Å²) in [4.78, 5) is 27.7. The molecular weight excluding hydrogens is 306 g/mol. The molecule has 0 saturated carbocycles. The van der Waals surface area contributed by atoms with Crippen molar-refractivity contribution >= 4 is 17.6 Å². The lowest BCUT2D eigenvalue weighted by Gasteiger charge is -2.16. The first-order valence-electron chi connectivity index (χ1n) is 7.69. The van der Waals surface area contributed by atoms with Crippen molar-refractivity contribution in [3.63, 3.8) is 0 Å². The summed E-state index contributed by atoms with van der Waals surface area (Å²) in [6.07, 6.45) is 1.48. The maximum Gasteiger partial charge on any atom is 0.321 e. The Labute approximate surface area is 140 Å². The van der Waals surface area contributed by atoms with Gasteiger partial charge in [-0.25, -0.2) is 0 Å². The van der Waals surface area contributed by atoms with Crippen molar-refractivity contribution in [2.24, 2.45) is 0 Å². The number of amides is 1. The molecule has 6 nitrogen and oxygen atoms in total. The predicted molar refractivity (Wildman–Crippen MR) is 91.7 cm³/mol. The molecule has 0 aliphatic heterocycles. The van der Waals surface area contributed by atoms with Gasteiger partial charge in [0.05, 0.1) is 12.1 Å². The van der Waals surface area contributed by atoms with Crippen LogP contribution in [0.1, 0.15) is 23.2 Å². The average Bonchev–Trinajstić information content (AvgIpc) is 2.55. The van der Waals surface area contributed by atoms with Gasteiger partial charge in [0, 0.05) is 18.4 Å². The van der Waals surface area contributed by atoms with Crippen LogP contribution >= 0.6 is 0 Å². The smallest absolute Gasteiger partial charge is 0.321 e. The van der Waals surface area contributed by atoms with Crippen LogP contribution in [-0.2, 0) is 16.1 Å². The van der Waals surface area contributed by atoms with Gasteiger partial charge in [0.25, 0.3) is 0 Å². The molecule has 1 aromatic carbocycles. The first-order chi connectivity index (χ1) is 11.5. The number of aromatic nitrogens is 1. The Balaban J connectivity index is 1.97. The minimum atomic E-state index is -1.07. The standard InChI is InChI=1S/C18H21N3O3/c1-12-6-5-7-13(2)17(12)21-16(22)10-15(18(23)24)20-11-14-8-3-4-9-19-14/h3-9,15,20H,10-11H2,1-2H3,(H,21,22)(H,23,24). The highest BCUT2D eigenvalue weighted by Gasteiger charge is 2.21. The molecule has 0 radical (unpaired) electrons. The molecule has 3 N–H and O–H groups in total. The highest BCUT2D eigenvalue weighted by atomic mass is 16.4. The third-order valence-electron chi connectivity index (χ3n) is 3.69. The van der Waals surface area contributed by atoms with Crippen LogP contribution in [0.4, 0.5) is 5.69 Å². The third kappa shape index (κ3) is 4.89. The summed E-state index contributed by atoms with van der Waals surface area (Å²) < 4.78 is 0. The first kappa shape index (κ1) is 17.6. The number of nitrogens with one attached hydrogen (secondary N) is 2. The van der Waals surface area contributed by atoms with Crippen molar-refractivity contribution in [3.8, 4) is 0 Å². The van der Waals surface area contributed by atoms with Gasteiger partial charge in [0.1, 0.15) is 6.04 Å². The summed E-state index contributed by atoms with van der Waals surface area (Å²) in [7, 11) is 0. The van der Waals surface area contributed by atoms with Crippen molar-refractivity contribution in [3.05, 3.63) is 59.4 Å². The van der Waals surface area contributed by atoms with Crippen LogP contribution in [0.5, 0.6) is 0 Å². The van der Waals surface area contributed by atoms with Crippen LogP contribution in [0, 0.1) is 13.8 Å². The van der Waals surface area contributed by atoms with Crippen LogP contribution < -0.4 is 10.6 Å². The Bertz CT molecular complexity index is 696. The van der Waals surface area contributed by atoms with Gasteiger partial charge in [-0.3, -0.25) is 19.9 Å². The van der Waals surface area contributed by atoms with E-state index in [1.165, 1.54) is 0 Å². The number of anilines is 1. The van der Waals surface area contributed by atoms with E-state index in [-0.39, 0.29) is 18.9 Å². The highest BCUT2D eigenvalue weighted by molar-refractivity contribution is 5.95. The maximum absolute atomic E-state index is 12.2. The number of benzene rings is 1. The number of carboxylic acids is 1. The van der Waals surface area contributed by atoms with Crippen LogP contribution in [-0.4, -0.2) is 28.0 Å². The van der Waals surface area contributed by atoms with E-state index in [9.17, 15) is 14.7 Å². The van der Waals surface area contributed by atoms with Gasteiger partial charge >= 0.3 is 5.97 Å². The minimum Gasteiger partial charge on any atom is -0.480 e. The largest absolute Gasteiger partial charge is 0.480 e. The topological polar surface area (TPSA) is 91.3 Å². The zero-order valence-corrected chi connectivity index (χ0v) is 13.7. The van der Waals surface area contributed by atoms with Gasteiger partial charge in [-0.15, -0.1) is 0 Å². The number of aliphatic carboxylic acids is 1. The molecule has 0 fully saturated rings. The molecule has 126 valence electrons. The van der Waals surface area contributed by atoms with Gasteiger partial charge in [0.2, 0.25) is 5.91 Å². The van der Waals surface area contributed by atoms with Crippen LogP contribution in [0.25, 0.3) is 0 Å². The van der Waals surface area contributed by atoms with E-state index in [2.05, 4.69) is 15.6 Å². The number of aryl methyl sites for hydroxylation is 2. The molecule has 2 aromatic rings. The molecule has 1 atom stereocenters. The Kier molecular flexibility index (Phi) is 6.03. The summed E-state index contributed by atoms with van der Waals surface area (Å²) in [5.74, 6) is -1.41. The number of hydrogen-bond donors (Lipinski definition) is 3. The van der Waals surface area contributed by atoms with E-state index in [0.717, 1.165) is 22.5 Å². The number of nitrogens with zero attached hydrogens (tertiary/aromatic N) is 1. The Morgan fingerprint density at radius 3 is 2.42 bits per heavy atom. The molecule has 24 heavy (non-hydrogen) atoms. The number of rotatable bonds is 7. The molecule has 1 aromatic heterocycles. The summed E-state index contributed by atoms with van der Waals surface area (Å²) in [6.45, 7) is 4.09. The fourth-order valence-electron chi connectivity index (χ4n) is 2.36. The van der Waals surface area contributed by atoms with Crippen molar-refractivity contribution in [1.29, 1.82) is 0 Å². The van der Waals surface area contributed by atoms with Crippen LogP contribution in [0.2, 0.25) is 0 Å². The van der Waals surface area contributed by atoms with E-state index in [0.29, 0.717) is 0 Å². The van der Waals surface area contributed by atoms with E-state index in [1.807, 2.05) is 38.1 Å². The van der Waals surface area contributed by atoms with Crippen LogP contribution in [0.3, 0.4) is 0 Å². The van der Waals surface area contributed by atoms with Crippen molar-refractivity contribution in [1.82, 2.24) is 10.3 Å². The first-order valence-corrected chi connectivity index (χ1v) is 7.69. The van der Waals surface area contributed by atoms with Gasteiger partial charge < -0.3 is 10.4 Å². The third-order valence-corrected chi connectivity index (χ3v) is 3.69. The molecule has 0 aliphatic carbocycles. The van der Waals surface area contributed by atoms with Gasteiger partial charge in [0.15, 0.2) is 0 Å². The Morgan fingerprint density at radius 1 is 1.12 bits per heavy atom. The second-order valence-electron chi connectivity index (χ2n) is 5.61. The summed E-state index contributed by atoms with van der Waals surface area (Å²) in [5, 5.41) is 15.0.